The van der Waals surface area contributed by atoms with Gasteiger partial charge >= 0.3 is 0 Å². The maximum Gasteiger partial charge on any atom is 0.143 e. The molecule has 134 valence electrons. The number of benzene rings is 1. The van der Waals surface area contributed by atoms with Crippen LogP contribution in [0.3, 0.4) is 0 Å². The number of phenolic OH excluding ortho intramolecular Hbond substituents is 1. The van der Waals surface area contributed by atoms with Crippen molar-refractivity contribution in [3.05, 3.63) is 26.6 Å². The summed E-state index contributed by atoms with van der Waals surface area (Å²) in [7, 11) is 0. The molecule has 0 amide bonds. The highest BCUT2D eigenvalue weighted by Gasteiger charge is 2.23. The first-order chi connectivity index (χ1) is 9.99. The van der Waals surface area contributed by atoms with Gasteiger partial charge in [-0.1, -0.05) is 13.8 Å². The molecule has 0 spiro atoms. The van der Waals surface area contributed by atoms with E-state index in [1.54, 1.807) is 0 Å². The Morgan fingerprint density at radius 2 is 1.61 bits per heavy atom. The van der Waals surface area contributed by atoms with Crippen molar-refractivity contribution < 1.29 is 5.11 Å². The van der Waals surface area contributed by atoms with Gasteiger partial charge in [-0.05, 0) is 68.3 Å². The van der Waals surface area contributed by atoms with Crippen LogP contribution in [0, 0.1) is 5.92 Å². The van der Waals surface area contributed by atoms with Crippen molar-refractivity contribution in [2.45, 2.75) is 32.7 Å². The van der Waals surface area contributed by atoms with Gasteiger partial charge in [0, 0.05) is 32.2 Å². The Hall–Kier alpha value is 0.480. The third-order valence-corrected chi connectivity index (χ3v) is 5.24. The first-order valence-corrected chi connectivity index (χ1v) is 9.20. The van der Waals surface area contributed by atoms with E-state index < -0.39 is 0 Å². The highest BCUT2D eigenvalue weighted by Crippen LogP contribution is 2.38. The zero-order valence-electron chi connectivity index (χ0n) is 13.5. The Balaban J connectivity index is 0.00000242. The van der Waals surface area contributed by atoms with Crippen LogP contribution in [-0.4, -0.2) is 36.2 Å². The molecule has 1 aromatic rings. The number of rotatable bonds is 5. The predicted molar refractivity (Wildman–Crippen MR) is 109 cm³/mol. The van der Waals surface area contributed by atoms with Crippen molar-refractivity contribution >= 4 is 56.7 Å². The van der Waals surface area contributed by atoms with Gasteiger partial charge in [-0.25, -0.2) is 0 Å². The normalized spacial score (nSPS) is 16.6. The first-order valence-electron chi connectivity index (χ1n) is 7.61. The fourth-order valence-electron chi connectivity index (χ4n) is 2.82. The lowest BCUT2D eigenvalue weighted by atomic mass is 9.95. The summed E-state index contributed by atoms with van der Waals surface area (Å²) in [6, 6.07) is 4.54. The maximum absolute atomic E-state index is 9.92. The molecule has 1 aliphatic rings. The quantitative estimate of drug-likeness (QED) is 0.597. The monoisotopic (exact) mass is 490 g/mol. The molecule has 1 saturated heterocycles. The van der Waals surface area contributed by atoms with Gasteiger partial charge in [0.25, 0.3) is 0 Å². The van der Waals surface area contributed by atoms with Crippen molar-refractivity contribution in [3.63, 3.8) is 0 Å². The minimum absolute atomic E-state index is 0. The van der Waals surface area contributed by atoms with E-state index >= 15 is 0 Å². The van der Waals surface area contributed by atoms with Crippen molar-refractivity contribution in [1.29, 1.82) is 0 Å². The van der Waals surface area contributed by atoms with Crippen LogP contribution < -0.4 is 5.32 Å². The number of nitrogens with one attached hydrogen (secondary N) is 1. The molecule has 3 nitrogen and oxygen atoms in total. The van der Waals surface area contributed by atoms with E-state index in [1.807, 2.05) is 0 Å². The minimum atomic E-state index is 0. The van der Waals surface area contributed by atoms with Crippen LogP contribution in [0.2, 0.25) is 0 Å². The van der Waals surface area contributed by atoms with Crippen molar-refractivity contribution in [2.75, 3.05) is 26.2 Å². The molecule has 1 atom stereocenters. The van der Waals surface area contributed by atoms with Crippen molar-refractivity contribution in [1.82, 2.24) is 10.2 Å². The van der Waals surface area contributed by atoms with Gasteiger partial charge in [-0.3, -0.25) is 4.90 Å². The fourth-order valence-corrected chi connectivity index (χ4v) is 4.04. The number of halogens is 4. The third kappa shape index (κ3) is 6.71. The molecular formula is C16H26Br2Cl2N2O. The molecule has 1 heterocycles. The molecule has 0 unspecified atom stereocenters. The topological polar surface area (TPSA) is 35.5 Å². The smallest absolute Gasteiger partial charge is 0.143 e. The van der Waals surface area contributed by atoms with Crippen molar-refractivity contribution in [2.24, 2.45) is 5.92 Å². The van der Waals surface area contributed by atoms with Crippen LogP contribution >= 0.6 is 56.7 Å². The number of hydrogen-bond acceptors (Lipinski definition) is 3. The first kappa shape index (κ1) is 23.5. The van der Waals surface area contributed by atoms with E-state index in [0.717, 1.165) is 41.5 Å². The Morgan fingerprint density at radius 3 is 2.09 bits per heavy atom. The molecule has 0 saturated carbocycles. The van der Waals surface area contributed by atoms with E-state index in [4.69, 9.17) is 0 Å². The SMILES string of the molecule is CC(C)CC[C@H](c1cc(Br)c(O)c(Br)c1)N1CCNCC1.Cl.Cl. The fraction of sp³-hybridized carbons (Fsp3) is 0.625. The summed E-state index contributed by atoms with van der Waals surface area (Å²) in [5.74, 6) is 0.987. The predicted octanol–water partition coefficient (Wildman–Crippen LogP) is 5.14. The van der Waals surface area contributed by atoms with Crippen LogP contribution in [0.4, 0.5) is 0 Å². The van der Waals surface area contributed by atoms with Crippen LogP contribution in [-0.2, 0) is 0 Å². The van der Waals surface area contributed by atoms with Crippen LogP contribution in [0.25, 0.3) is 0 Å². The standard InChI is InChI=1S/C16H24Br2N2O.2ClH/c1-11(2)3-4-15(20-7-5-19-6-8-20)12-9-13(17)16(21)14(18)10-12;;/h9-11,15,19,21H,3-8H2,1-2H3;2*1H/t15-;;/m1../s1. The van der Waals surface area contributed by atoms with Gasteiger partial charge in [0.2, 0.25) is 0 Å². The van der Waals surface area contributed by atoms with Gasteiger partial charge in [-0.15, -0.1) is 24.8 Å². The lowest BCUT2D eigenvalue weighted by Gasteiger charge is -2.36. The molecule has 0 aromatic heterocycles. The third-order valence-electron chi connectivity index (χ3n) is 4.03. The molecule has 1 aliphatic heterocycles. The highest BCUT2D eigenvalue weighted by atomic mass is 79.9. The molecule has 0 bridgehead atoms. The molecule has 0 radical (unpaired) electrons. The van der Waals surface area contributed by atoms with Gasteiger partial charge in [0.05, 0.1) is 8.95 Å². The van der Waals surface area contributed by atoms with Crippen LogP contribution in [0.15, 0.2) is 21.1 Å². The molecule has 2 rings (SSSR count). The average molecular weight is 493 g/mol. The van der Waals surface area contributed by atoms with E-state index in [2.05, 4.69) is 68.1 Å². The summed E-state index contributed by atoms with van der Waals surface area (Å²) in [6.07, 6.45) is 2.37. The molecule has 23 heavy (non-hydrogen) atoms. The van der Waals surface area contributed by atoms with Gasteiger partial charge in [0.1, 0.15) is 5.75 Å². The van der Waals surface area contributed by atoms with Gasteiger partial charge in [-0.2, -0.15) is 0 Å². The maximum atomic E-state index is 9.92. The number of piperazine rings is 1. The minimum Gasteiger partial charge on any atom is -0.506 e. The van der Waals surface area contributed by atoms with E-state index in [9.17, 15) is 5.11 Å². The summed E-state index contributed by atoms with van der Waals surface area (Å²) in [6.45, 7) is 8.82. The summed E-state index contributed by atoms with van der Waals surface area (Å²) >= 11 is 6.92. The summed E-state index contributed by atoms with van der Waals surface area (Å²) < 4.78 is 1.52. The van der Waals surface area contributed by atoms with E-state index in [-0.39, 0.29) is 30.6 Å². The molecule has 2 N–H and O–H groups in total. The van der Waals surface area contributed by atoms with Crippen LogP contribution in [0.5, 0.6) is 5.75 Å². The molecular weight excluding hydrogens is 467 g/mol. The second-order valence-corrected chi connectivity index (χ2v) is 7.81. The molecule has 0 aliphatic carbocycles. The van der Waals surface area contributed by atoms with E-state index in [1.165, 1.54) is 12.0 Å². The van der Waals surface area contributed by atoms with Crippen LogP contribution in [0.1, 0.15) is 38.3 Å². The summed E-state index contributed by atoms with van der Waals surface area (Å²) in [5.41, 5.74) is 1.27. The second kappa shape index (κ2) is 11.2. The Kier molecular flexibility index (Phi) is 11.4. The zero-order valence-corrected chi connectivity index (χ0v) is 18.3. The number of hydrogen-bond donors (Lipinski definition) is 2. The Bertz CT molecular complexity index is 460. The highest BCUT2D eigenvalue weighted by molar-refractivity contribution is 9.11. The molecule has 7 heteroatoms. The summed E-state index contributed by atoms with van der Waals surface area (Å²) in [5, 5.41) is 13.3. The second-order valence-electron chi connectivity index (χ2n) is 6.11. The average Bonchev–Trinajstić information content (AvgIpc) is 2.45. The van der Waals surface area contributed by atoms with E-state index in [0.29, 0.717) is 12.0 Å². The zero-order chi connectivity index (χ0) is 15.4. The molecule has 1 aromatic carbocycles. The number of phenols is 1. The Morgan fingerprint density at radius 1 is 1.09 bits per heavy atom. The van der Waals surface area contributed by atoms with Gasteiger partial charge < -0.3 is 10.4 Å². The lowest BCUT2D eigenvalue weighted by Crippen LogP contribution is -2.45. The lowest BCUT2D eigenvalue weighted by molar-refractivity contribution is 0.159. The number of aromatic hydroxyl groups is 1. The summed E-state index contributed by atoms with van der Waals surface area (Å²) in [4.78, 5) is 2.56. The number of nitrogens with zero attached hydrogens (tertiary/aromatic N) is 1. The largest absolute Gasteiger partial charge is 0.506 e. The van der Waals surface area contributed by atoms with Gasteiger partial charge in [0.15, 0.2) is 0 Å². The Labute approximate surface area is 168 Å². The van der Waals surface area contributed by atoms with Crippen molar-refractivity contribution in [3.8, 4) is 5.75 Å². The molecule has 1 fully saturated rings.